The van der Waals surface area contributed by atoms with E-state index in [1.165, 1.54) is 12.8 Å². The first-order chi connectivity index (χ1) is 8.95. The van der Waals surface area contributed by atoms with Crippen molar-refractivity contribution in [2.75, 3.05) is 18.0 Å². The second kappa shape index (κ2) is 5.55. The van der Waals surface area contributed by atoms with E-state index in [9.17, 15) is 4.79 Å². The van der Waals surface area contributed by atoms with Gasteiger partial charge in [-0.3, -0.25) is 4.79 Å². The Balaban J connectivity index is 2.25. The maximum atomic E-state index is 11.0. The topological polar surface area (TPSA) is 66.3 Å². The van der Waals surface area contributed by atoms with Crippen LogP contribution < -0.4 is 4.90 Å². The largest absolute Gasteiger partial charge is 0.480 e. The van der Waals surface area contributed by atoms with E-state index >= 15 is 0 Å². The van der Waals surface area contributed by atoms with Gasteiger partial charge in [0.25, 0.3) is 0 Å². The molecule has 0 aromatic carbocycles. The number of anilines is 1. The molecule has 1 aliphatic rings. The van der Waals surface area contributed by atoms with Gasteiger partial charge >= 0.3 is 5.97 Å². The van der Waals surface area contributed by atoms with Gasteiger partial charge in [0.2, 0.25) is 0 Å². The standard InChI is InChI=1S/C14H21N3O2/c1-9(2)14-15-10(3)6-12(16-14)17(8-13(18)19)7-11-4-5-11/h6,9,11H,4-5,7-8H2,1-3H3,(H,18,19). The molecule has 0 unspecified atom stereocenters. The third-order valence-electron chi connectivity index (χ3n) is 3.20. The minimum atomic E-state index is -0.817. The molecule has 1 aromatic rings. The molecule has 1 N–H and O–H groups in total. The number of nitrogens with zero attached hydrogens (tertiary/aromatic N) is 3. The van der Waals surface area contributed by atoms with Gasteiger partial charge in [-0.1, -0.05) is 13.8 Å². The summed E-state index contributed by atoms with van der Waals surface area (Å²) in [6, 6.07) is 1.87. The third kappa shape index (κ3) is 3.91. The van der Waals surface area contributed by atoms with E-state index < -0.39 is 5.97 Å². The van der Waals surface area contributed by atoms with E-state index in [0.717, 1.165) is 23.9 Å². The van der Waals surface area contributed by atoms with Crippen LogP contribution in [0.4, 0.5) is 5.82 Å². The van der Waals surface area contributed by atoms with E-state index in [-0.39, 0.29) is 12.5 Å². The molecule has 1 saturated carbocycles. The van der Waals surface area contributed by atoms with Crippen molar-refractivity contribution in [2.24, 2.45) is 5.92 Å². The molecule has 1 aliphatic carbocycles. The molecule has 0 bridgehead atoms. The summed E-state index contributed by atoms with van der Waals surface area (Å²) < 4.78 is 0. The molecule has 1 heterocycles. The zero-order chi connectivity index (χ0) is 14.0. The number of carboxylic acids is 1. The highest BCUT2D eigenvalue weighted by atomic mass is 16.4. The number of carbonyl (C=O) groups is 1. The Kier molecular flexibility index (Phi) is 4.02. The van der Waals surface area contributed by atoms with Crippen molar-refractivity contribution in [1.82, 2.24) is 9.97 Å². The smallest absolute Gasteiger partial charge is 0.323 e. The highest BCUT2D eigenvalue weighted by Gasteiger charge is 2.26. The van der Waals surface area contributed by atoms with E-state index in [1.54, 1.807) is 0 Å². The first-order valence-corrected chi connectivity index (χ1v) is 6.78. The number of rotatable bonds is 6. The van der Waals surface area contributed by atoms with Crippen molar-refractivity contribution in [3.63, 3.8) is 0 Å². The van der Waals surface area contributed by atoms with Gasteiger partial charge in [0.05, 0.1) is 0 Å². The zero-order valence-electron chi connectivity index (χ0n) is 11.8. The Hall–Kier alpha value is -1.65. The summed E-state index contributed by atoms with van der Waals surface area (Å²) in [5.74, 6) is 1.57. The van der Waals surface area contributed by atoms with Crippen LogP contribution in [0.3, 0.4) is 0 Å². The molecule has 19 heavy (non-hydrogen) atoms. The minimum absolute atomic E-state index is 0.00445. The first kappa shape index (κ1) is 13.8. The summed E-state index contributed by atoms with van der Waals surface area (Å²) in [5.41, 5.74) is 0.889. The fraction of sp³-hybridized carbons (Fsp3) is 0.643. The molecular weight excluding hydrogens is 242 g/mol. The van der Waals surface area contributed by atoms with Crippen molar-refractivity contribution >= 4 is 11.8 Å². The maximum Gasteiger partial charge on any atom is 0.323 e. The number of aryl methyl sites for hydroxylation is 1. The molecule has 0 saturated heterocycles. The normalized spacial score (nSPS) is 14.7. The van der Waals surface area contributed by atoms with E-state index in [1.807, 2.05) is 31.7 Å². The molecule has 104 valence electrons. The Morgan fingerprint density at radius 2 is 2.16 bits per heavy atom. The fourth-order valence-corrected chi connectivity index (χ4v) is 2.01. The Morgan fingerprint density at radius 3 is 2.68 bits per heavy atom. The van der Waals surface area contributed by atoms with Crippen LogP contribution in [0.1, 0.15) is 44.1 Å². The van der Waals surface area contributed by atoms with Gasteiger partial charge in [0, 0.05) is 24.2 Å². The highest BCUT2D eigenvalue weighted by molar-refractivity contribution is 5.73. The predicted octanol–water partition coefficient (Wildman–Crippen LogP) is 2.21. The van der Waals surface area contributed by atoms with Crippen LogP contribution in [0.2, 0.25) is 0 Å². The van der Waals surface area contributed by atoms with Crippen molar-refractivity contribution in [3.05, 3.63) is 17.6 Å². The Labute approximate surface area is 113 Å². The quantitative estimate of drug-likeness (QED) is 0.852. The first-order valence-electron chi connectivity index (χ1n) is 6.78. The van der Waals surface area contributed by atoms with Crippen LogP contribution in [-0.2, 0) is 4.79 Å². The molecule has 1 fully saturated rings. The van der Waals surface area contributed by atoms with Crippen molar-refractivity contribution < 1.29 is 9.90 Å². The Bertz CT molecular complexity index is 470. The zero-order valence-corrected chi connectivity index (χ0v) is 11.8. The average Bonchev–Trinajstić information content (AvgIpc) is 3.10. The average molecular weight is 263 g/mol. The molecule has 2 rings (SSSR count). The summed E-state index contributed by atoms with van der Waals surface area (Å²) in [4.78, 5) is 21.8. The van der Waals surface area contributed by atoms with Crippen molar-refractivity contribution in [2.45, 2.75) is 39.5 Å². The number of aliphatic carboxylic acids is 1. The highest BCUT2D eigenvalue weighted by Crippen LogP contribution is 2.31. The predicted molar refractivity (Wildman–Crippen MR) is 73.4 cm³/mol. The van der Waals surface area contributed by atoms with Crippen molar-refractivity contribution in [1.29, 1.82) is 0 Å². The van der Waals surface area contributed by atoms with Crippen LogP contribution in [0.5, 0.6) is 0 Å². The van der Waals surface area contributed by atoms with E-state index in [4.69, 9.17) is 5.11 Å². The lowest BCUT2D eigenvalue weighted by Gasteiger charge is -2.22. The van der Waals surface area contributed by atoms with Gasteiger partial charge in [-0.2, -0.15) is 0 Å². The van der Waals surface area contributed by atoms with Crippen LogP contribution in [0, 0.1) is 12.8 Å². The molecule has 5 heteroatoms. The minimum Gasteiger partial charge on any atom is -0.480 e. The number of hydrogen-bond acceptors (Lipinski definition) is 4. The van der Waals surface area contributed by atoms with Gasteiger partial charge in [-0.25, -0.2) is 9.97 Å². The molecular formula is C14H21N3O2. The third-order valence-corrected chi connectivity index (χ3v) is 3.20. The lowest BCUT2D eigenvalue weighted by Crippen LogP contribution is -2.32. The van der Waals surface area contributed by atoms with Crippen molar-refractivity contribution in [3.8, 4) is 0 Å². The molecule has 0 atom stereocenters. The lowest BCUT2D eigenvalue weighted by atomic mass is 10.2. The number of hydrogen-bond donors (Lipinski definition) is 1. The second-order valence-electron chi connectivity index (χ2n) is 5.60. The lowest BCUT2D eigenvalue weighted by molar-refractivity contribution is -0.135. The number of carboxylic acid groups (broad SMARTS) is 1. The molecule has 0 spiro atoms. The Morgan fingerprint density at radius 1 is 1.47 bits per heavy atom. The van der Waals surface area contributed by atoms with E-state index in [0.29, 0.717) is 5.92 Å². The fourth-order valence-electron chi connectivity index (χ4n) is 2.01. The van der Waals surface area contributed by atoms with Gasteiger partial charge in [0.15, 0.2) is 0 Å². The van der Waals surface area contributed by atoms with Gasteiger partial charge in [0.1, 0.15) is 18.2 Å². The summed E-state index contributed by atoms with van der Waals surface area (Å²) in [6.07, 6.45) is 2.38. The summed E-state index contributed by atoms with van der Waals surface area (Å²) >= 11 is 0. The SMILES string of the molecule is Cc1cc(N(CC(=O)O)CC2CC2)nc(C(C)C)n1. The van der Waals surface area contributed by atoms with Gasteiger partial charge < -0.3 is 10.0 Å². The summed E-state index contributed by atoms with van der Waals surface area (Å²) in [7, 11) is 0. The molecule has 0 aliphatic heterocycles. The van der Waals surface area contributed by atoms with Crippen LogP contribution >= 0.6 is 0 Å². The molecule has 0 radical (unpaired) electrons. The number of aromatic nitrogens is 2. The monoisotopic (exact) mass is 263 g/mol. The van der Waals surface area contributed by atoms with Gasteiger partial charge in [-0.05, 0) is 25.7 Å². The van der Waals surface area contributed by atoms with Crippen LogP contribution in [0.15, 0.2) is 6.07 Å². The van der Waals surface area contributed by atoms with E-state index in [2.05, 4.69) is 9.97 Å². The molecule has 1 aromatic heterocycles. The molecule has 0 amide bonds. The van der Waals surface area contributed by atoms with Crippen LogP contribution in [0.25, 0.3) is 0 Å². The van der Waals surface area contributed by atoms with Gasteiger partial charge in [-0.15, -0.1) is 0 Å². The maximum absolute atomic E-state index is 11.0. The second-order valence-corrected chi connectivity index (χ2v) is 5.60. The van der Waals surface area contributed by atoms with Crippen LogP contribution in [-0.4, -0.2) is 34.1 Å². The summed E-state index contributed by atoms with van der Waals surface area (Å²) in [6.45, 7) is 6.79. The molecule has 5 nitrogen and oxygen atoms in total. The summed E-state index contributed by atoms with van der Waals surface area (Å²) in [5, 5.41) is 9.04.